The third-order valence-corrected chi connectivity index (χ3v) is 25.4. The highest BCUT2D eigenvalue weighted by Crippen LogP contribution is 2.46. The maximum atomic E-state index is 15.3. The summed E-state index contributed by atoms with van der Waals surface area (Å²) in [5.74, 6) is -1.38. The highest BCUT2D eigenvalue weighted by Gasteiger charge is 2.47. The number of aromatic nitrogens is 8. The van der Waals surface area contributed by atoms with Crippen molar-refractivity contribution in [2.75, 3.05) is 160 Å². The van der Waals surface area contributed by atoms with E-state index in [9.17, 15) is 36.7 Å². The molecule has 0 radical (unpaired) electrons. The summed E-state index contributed by atoms with van der Waals surface area (Å²) in [7, 11) is 11.2. The number of nitrogens with zero attached hydrogens (tertiary/aromatic N) is 14. The standard InChI is InChI=1S/C27H32F2N6O3.C21H28FN5O4.C16H20FN5O2.C11H14FNO2.C11H20N2O2.C10H9ClFN3O2.3CH4/c1-4-31-20(15-5-7-16(28)8-6-15)12-22(36)34-13-17-9-10-18(14-34)35(17)27-32-24-19(26(30)33-27)11-21(37-2)25(38-3)23(24)29;1-21(2,3)31-20(28)26-9-11-6-7-12(10-26)27(11)19-24-16-13(18(23)25-19)8-14(29-4)17(30-5)15(16)22;1-23-11-5-10-13(12(17)14(11)24-2)20-16(21-15(10)18)22-8-3-4-9(22)7-19-6-8;1-2-13-10(7-11(14)15)8-3-5-9(12)6-4-8;1-11(2,3)15-10(14)13-6-8-4-5-9(7-13)12-8;1-16-5-3-4-7(6(12)8(5)17-2)14-10(11)15-9(4)13;;;/h5-8,11,17-18,20,31H,4,9-10,12-14H2,1-3H3,(H2,30,32,33);8,11-12H,6-7,9-10H2,1-5H3,(H2,23,24,25);5,8-9,19H,3-4,6-7H2,1-2H3,(H2,18,20,21);3-6,10,13H,2,7H2,1H3,(H,14,15);8-9,12H,4-7H2,1-3H3;3H,1-2H3,(H2,13,14,15);3*1H4/t17?,18?,20-;;;10-;;;;;/m1..1...../s1. The van der Waals surface area contributed by atoms with Crippen molar-refractivity contribution in [1.29, 1.82) is 0 Å². The number of benzene rings is 6. The molecule has 8 unspecified atom stereocenters. The minimum absolute atomic E-state index is 0. The fourth-order valence-electron chi connectivity index (χ4n) is 19.0. The van der Waals surface area contributed by atoms with Gasteiger partial charge in [0.25, 0.3) is 0 Å². The predicted octanol–water partition coefficient (Wildman–Crippen LogP) is 14.9. The van der Waals surface area contributed by atoms with E-state index in [-0.39, 0.29) is 203 Å². The van der Waals surface area contributed by atoms with Crippen LogP contribution in [-0.4, -0.2) is 266 Å². The Morgan fingerprint density at radius 1 is 0.420 bits per heavy atom. The van der Waals surface area contributed by atoms with E-state index in [4.69, 9.17) is 87.0 Å². The maximum Gasteiger partial charge on any atom is 0.410 e. The van der Waals surface area contributed by atoms with Crippen LogP contribution in [0.15, 0.2) is 72.8 Å². The lowest BCUT2D eigenvalue weighted by Crippen LogP contribution is -2.56. The SMILES string of the molecule is C.C.C.CC(C)(C)OC(=O)N1CC2CCC(C1)N2.CCN[C@H](CC(=O)N1CC2CCC(C1)N2c1nc(N)c2cc(OC)c(OC)c(F)c2n1)c1ccc(F)cc1.CCN[C@H](CC(=O)O)c1ccc(F)cc1.COc1cc2c(N)nc(Cl)nc2c(F)c1OC.COc1cc2c(N)nc(N3C4CCC3CN(C(=O)OC(C)(C)C)C4)nc2c(F)c1OC.COc1cc2c(N)nc(N3C4CCC3CNC4)nc2c(F)c1OC. The van der Waals surface area contributed by atoms with Gasteiger partial charge in [-0.2, -0.15) is 15.0 Å². The lowest BCUT2D eigenvalue weighted by atomic mass is 10.0. The number of carbonyl (C=O) groups excluding carboxylic acids is 3. The number of carboxylic acid groups (broad SMARTS) is 1. The van der Waals surface area contributed by atoms with Crippen molar-refractivity contribution < 1.29 is 98.0 Å². The van der Waals surface area contributed by atoms with Gasteiger partial charge in [-0.25, -0.2) is 60.9 Å². The Hall–Kier alpha value is -13.1. The fourth-order valence-corrected chi connectivity index (χ4v) is 19.2. The fraction of sp³-hybridized carbons (Fsp3) is 0.515. The van der Waals surface area contributed by atoms with Gasteiger partial charge in [0, 0.05) is 129 Å². The lowest BCUT2D eigenvalue weighted by molar-refractivity contribution is -0.137. The molecule has 0 aliphatic carbocycles. The zero-order valence-corrected chi connectivity index (χ0v) is 82.0. The average Bonchev–Trinajstić information content (AvgIpc) is 1.73. The molecule has 8 aliphatic rings. The van der Waals surface area contributed by atoms with E-state index in [1.165, 1.54) is 100 Å². The number of hydrogen-bond acceptors (Lipinski definition) is 33. The molecular weight excluding hydrogens is 1890 g/mol. The molecule has 3 amide bonds. The summed E-state index contributed by atoms with van der Waals surface area (Å²) < 4.78 is 137. The zero-order valence-electron chi connectivity index (χ0n) is 81.2. The quantitative estimate of drug-likeness (QED) is 0.0238. The molecule has 37 nitrogen and oxygen atoms in total. The molecule has 18 rings (SSSR count). The Kier molecular flexibility index (Phi) is 37.8. The van der Waals surface area contributed by atoms with Crippen LogP contribution < -0.4 is 96.8 Å². The summed E-state index contributed by atoms with van der Waals surface area (Å²) in [4.78, 5) is 94.5. The van der Waals surface area contributed by atoms with Crippen molar-refractivity contribution in [2.45, 2.75) is 213 Å². The van der Waals surface area contributed by atoms with Crippen molar-refractivity contribution in [2.24, 2.45) is 0 Å². The molecule has 44 heteroatoms. The Bertz CT molecular complexity index is 6070. The van der Waals surface area contributed by atoms with Gasteiger partial charge in [-0.05, 0) is 177 Å². The number of nitrogens with two attached hydrogens (primary N) is 4. The van der Waals surface area contributed by atoms with Gasteiger partial charge in [0.1, 0.15) is 68.2 Å². The first-order valence-electron chi connectivity index (χ1n) is 46.2. The van der Waals surface area contributed by atoms with Crippen LogP contribution in [0.5, 0.6) is 46.0 Å². The van der Waals surface area contributed by atoms with Gasteiger partial charge in [0.2, 0.25) is 29.0 Å². The van der Waals surface area contributed by atoms with Crippen molar-refractivity contribution in [3.8, 4) is 46.0 Å². The summed E-state index contributed by atoms with van der Waals surface area (Å²) >= 11 is 5.62. The van der Waals surface area contributed by atoms with Crippen LogP contribution >= 0.6 is 11.6 Å². The van der Waals surface area contributed by atoms with Gasteiger partial charge in [-0.1, -0.05) is 60.4 Å². The van der Waals surface area contributed by atoms with E-state index >= 15 is 8.78 Å². The average molecular weight is 2020 g/mol. The Balaban J connectivity index is 0.000000182. The third kappa shape index (κ3) is 25.6. The molecule has 6 aromatic carbocycles. The number of methoxy groups -OCH3 is 8. The number of carboxylic acids is 1. The van der Waals surface area contributed by atoms with Crippen molar-refractivity contribution in [1.82, 2.24) is 75.8 Å². The molecule has 8 fully saturated rings. The molecule has 13 N–H and O–H groups in total. The van der Waals surface area contributed by atoms with Crippen LogP contribution in [0.2, 0.25) is 5.28 Å². The van der Waals surface area contributed by atoms with E-state index in [1.54, 1.807) is 47.4 Å². The summed E-state index contributed by atoms with van der Waals surface area (Å²) in [5.41, 5.74) is 25.2. The van der Waals surface area contributed by atoms with Crippen LogP contribution in [0.3, 0.4) is 0 Å². The first kappa shape index (κ1) is 112. The van der Waals surface area contributed by atoms with Gasteiger partial charge >= 0.3 is 18.2 Å². The number of nitrogen functional groups attached to an aromatic ring is 4. The summed E-state index contributed by atoms with van der Waals surface area (Å²) in [6.07, 6.45) is 7.77. The molecule has 8 saturated heterocycles. The topological polar surface area (TPSA) is 456 Å². The van der Waals surface area contributed by atoms with Crippen LogP contribution in [0, 0.1) is 34.9 Å². The van der Waals surface area contributed by atoms with Gasteiger partial charge in [0.05, 0.1) is 75.4 Å². The number of fused-ring (bicyclic) bond motifs is 12. The Labute approximate surface area is 833 Å². The van der Waals surface area contributed by atoms with Crippen molar-refractivity contribution in [3.63, 3.8) is 0 Å². The van der Waals surface area contributed by atoms with Crippen LogP contribution in [-0.2, 0) is 19.1 Å². The number of amides is 3. The molecule has 8 bridgehead atoms. The molecule has 10 atom stereocenters. The minimum Gasteiger partial charge on any atom is -0.493 e. The number of aliphatic carboxylic acids is 1. The van der Waals surface area contributed by atoms with E-state index in [0.29, 0.717) is 103 Å². The number of piperazine rings is 4. The number of anilines is 7. The molecular formula is C99H135ClF6N22O15. The van der Waals surface area contributed by atoms with E-state index in [0.717, 1.165) is 75.8 Å². The molecule has 8 aliphatic heterocycles. The summed E-state index contributed by atoms with van der Waals surface area (Å²) in [6, 6.07) is 19.5. The van der Waals surface area contributed by atoms with Gasteiger partial charge in [-0.3, -0.25) is 9.59 Å². The highest BCUT2D eigenvalue weighted by atomic mass is 35.5. The number of carbonyl (C=O) groups is 4. The van der Waals surface area contributed by atoms with Crippen molar-refractivity contribution >= 4 is 120 Å². The number of ether oxygens (including phenoxy) is 10. The molecule has 4 aromatic heterocycles. The second-order valence-electron chi connectivity index (χ2n) is 36.8. The van der Waals surface area contributed by atoms with Gasteiger partial charge in [0.15, 0.2) is 69.3 Å². The Morgan fingerprint density at radius 3 is 1.02 bits per heavy atom. The number of halogens is 7. The minimum atomic E-state index is -0.870. The number of nitrogens with one attached hydrogen (secondary N) is 4. The molecule has 0 saturated carbocycles. The number of hydrogen-bond donors (Lipinski definition) is 9. The predicted molar refractivity (Wildman–Crippen MR) is 539 cm³/mol. The Morgan fingerprint density at radius 2 is 0.713 bits per heavy atom. The van der Waals surface area contributed by atoms with E-state index < -0.39 is 34.8 Å². The van der Waals surface area contributed by atoms with Crippen LogP contribution in [0.25, 0.3) is 43.6 Å². The molecule has 10 aromatic rings. The smallest absolute Gasteiger partial charge is 0.410 e. The lowest BCUT2D eigenvalue weighted by Gasteiger charge is -2.41. The summed E-state index contributed by atoms with van der Waals surface area (Å²) in [6.45, 7) is 21.8. The molecule has 12 heterocycles. The third-order valence-electron chi connectivity index (χ3n) is 25.3. The summed E-state index contributed by atoms with van der Waals surface area (Å²) in [5, 5.41) is 23.3. The molecule has 0 spiro atoms. The molecule has 143 heavy (non-hydrogen) atoms. The van der Waals surface area contributed by atoms with Crippen LogP contribution in [0.1, 0.15) is 165 Å². The van der Waals surface area contributed by atoms with Crippen LogP contribution in [0.4, 0.5) is 77.0 Å². The molecule has 780 valence electrons. The number of likely N-dealkylation sites (tertiary alicyclic amines) is 3. The monoisotopic (exact) mass is 2020 g/mol. The number of rotatable bonds is 21. The largest absolute Gasteiger partial charge is 0.493 e. The van der Waals surface area contributed by atoms with Gasteiger partial charge in [-0.15, -0.1) is 0 Å². The normalized spacial score (nSPS) is 19.3. The maximum absolute atomic E-state index is 15.3. The first-order valence-corrected chi connectivity index (χ1v) is 46.5. The zero-order chi connectivity index (χ0) is 101. The first-order chi connectivity index (χ1) is 66.7. The van der Waals surface area contributed by atoms with Gasteiger partial charge < -0.3 is 126 Å². The highest BCUT2D eigenvalue weighted by molar-refractivity contribution is 6.28. The van der Waals surface area contributed by atoms with Crippen molar-refractivity contribution in [3.05, 3.63) is 124 Å². The second kappa shape index (κ2) is 48.3. The second-order valence-corrected chi connectivity index (χ2v) is 37.1. The van der Waals surface area contributed by atoms with E-state index in [2.05, 4.69) is 70.9 Å². The van der Waals surface area contributed by atoms with E-state index in [1.807, 2.05) is 70.1 Å².